The first kappa shape index (κ1) is 29.7. The molecule has 0 aliphatic carbocycles. The summed E-state index contributed by atoms with van der Waals surface area (Å²) in [7, 11) is 0. The van der Waals surface area contributed by atoms with Crippen LogP contribution in [0.25, 0.3) is 22.1 Å². The van der Waals surface area contributed by atoms with Gasteiger partial charge >= 0.3 is 0 Å². The van der Waals surface area contributed by atoms with Crippen LogP contribution in [-0.4, -0.2) is 52.7 Å². The van der Waals surface area contributed by atoms with Crippen molar-refractivity contribution in [2.45, 2.75) is 39.0 Å². The van der Waals surface area contributed by atoms with E-state index in [1.807, 2.05) is 41.0 Å². The molecule has 2 aliphatic rings. The maximum absolute atomic E-state index is 13.1. The predicted molar refractivity (Wildman–Crippen MR) is 152 cm³/mol. The van der Waals surface area contributed by atoms with Gasteiger partial charge in [0, 0.05) is 37.8 Å². The van der Waals surface area contributed by atoms with E-state index in [0.29, 0.717) is 39.8 Å². The van der Waals surface area contributed by atoms with Crippen molar-refractivity contribution in [3.8, 4) is 6.07 Å². The summed E-state index contributed by atoms with van der Waals surface area (Å²) in [5, 5.41) is 17.3. The first-order valence-electron chi connectivity index (χ1n) is 13.0. The van der Waals surface area contributed by atoms with Crippen LogP contribution in [0.2, 0.25) is 5.02 Å². The fourth-order valence-electron chi connectivity index (χ4n) is 5.05. The van der Waals surface area contributed by atoms with E-state index < -0.39 is 12.2 Å². The zero-order valence-electron chi connectivity index (χ0n) is 22.3. The Morgan fingerprint density at radius 3 is 2.56 bits per heavy atom. The van der Waals surface area contributed by atoms with Crippen LogP contribution >= 0.6 is 11.6 Å². The number of fused-ring (bicyclic) bond motifs is 3. The number of halogens is 3. The number of aromatic nitrogens is 3. The zero-order chi connectivity index (χ0) is 29.6. The summed E-state index contributed by atoms with van der Waals surface area (Å²) in [5.41, 5.74) is 1.64. The average Bonchev–Trinajstić information content (AvgIpc) is 3.63. The summed E-state index contributed by atoms with van der Waals surface area (Å²) >= 11 is 5.88. The van der Waals surface area contributed by atoms with Gasteiger partial charge in [-0.25, -0.2) is 18.7 Å². The molecule has 6 rings (SSSR count). The number of benzene rings is 1. The lowest BCUT2D eigenvalue weighted by Crippen LogP contribution is -2.43. The maximum atomic E-state index is 13.1. The number of aromatic amines is 1. The molecule has 4 aromatic rings. The molecule has 5 heterocycles. The number of furan rings is 1. The molecule has 10 nitrogen and oxygen atoms in total. The largest absolute Gasteiger partial charge is 0.483 e. The molecule has 0 amide bonds. The molecule has 13 heteroatoms. The number of para-hydroxylation sites is 1. The molecule has 2 fully saturated rings. The van der Waals surface area contributed by atoms with Gasteiger partial charge in [-0.05, 0) is 50.8 Å². The van der Waals surface area contributed by atoms with E-state index in [4.69, 9.17) is 31.2 Å². The number of hydrogen-bond acceptors (Lipinski definition) is 8. The van der Waals surface area contributed by atoms with Gasteiger partial charge in [0.15, 0.2) is 17.2 Å². The van der Waals surface area contributed by atoms with Crippen molar-refractivity contribution in [3.05, 3.63) is 57.7 Å². The molecule has 1 unspecified atom stereocenters. The van der Waals surface area contributed by atoms with E-state index in [0.717, 1.165) is 50.7 Å². The summed E-state index contributed by atoms with van der Waals surface area (Å²) in [4.78, 5) is 34.7. The van der Waals surface area contributed by atoms with Crippen LogP contribution in [0.15, 0.2) is 45.7 Å². The van der Waals surface area contributed by atoms with E-state index in [1.54, 1.807) is 6.07 Å². The van der Waals surface area contributed by atoms with Crippen LogP contribution in [0.3, 0.4) is 0 Å². The average molecular weight is 587 g/mol. The number of nitrogens with zero attached hydrogens (tertiary/aromatic N) is 5. The molecule has 0 spiro atoms. The lowest BCUT2D eigenvalue weighted by molar-refractivity contribution is -0.122. The molecule has 1 atom stereocenters. The van der Waals surface area contributed by atoms with Gasteiger partial charge in [0.1, 0.15) is 16.8 Å². The summed E-state index contributed by atoms with van der Waals surface area (Å²) < 4.78 is 32.0. The molecular weight excluding hydrogens is 558 g/mol. The molecule has 41 heavy (non-hydrogen) atoms. The van der Waals surface area contributed by atoms with Crippen molar-refractivity contribution < 1.29 is 23.1 Å². The van der Waals surface area contributed by atoms with E-state index >= 15 is 0 Å². The van der Waals surface area contributed by atoms with Crippen molar-refractivity contribution in [2.75, 3.05) is 36.0 Å². The predicted octanol–water partition coefficient (Wildman–Crippen LogP) is 5.77. The van der Waals surface area contributed by atoms with Gasteiger partial charge in [0.05, 0.1) is 16.5 Å². The van der Waals surface area contributed by atoms with Gasteiger partial charge in [-0.3, -0.25) is 9.59 Å². The Labute approximate surface area is 239 Å². The van der Waals surface area contributed by atoms with Crippen LogP contribution in [-0.2, 0) is 4.79 Å². The first-order valence-corrected chi connectivity index (χ1v) is 13.4. The van der Waals surface area contributed by atoms with Crippen molar-refractivity contribution >= 4 is 51.6 Å². The minimum absolute atomic E-state index is 0.156. The third kappa shape index (κ3) is 6.74. The van der Waals surface area contributed by atoms with E-state index in [2.05, 4.69) is 21.0 Å². The van der Waals surface area contributed by atoms with Crippen LogP contribution in [0, 0.1) is 16.7 Å². The number of nitrogens with one attached hydrogen (secondary N) is 1. The van der Waals surface area contributed by atoms with Gasteiger partial charge in [0.2, 0.25) is 0 Å². The lowest BCUT2D eigenvalue weighted by atomic mass is 9.83. The number of piperidine rings is 1. The van der Waals surface area contributed by atoms with Crippen molar-refractivity contribution in [1.82, 2.24) is 15.0 Å². The number of anilines is 2. The van der Waals surface area contributed by atoms with Gasteiger partial charge in [-0.15, -0.1) is 0 Å². The minimum Gasteiger partial charge on any atom is -0.483 e. The summed E-state index contributed by atoms with van der Waals surface area (Å²) in [6, 6.07) is 11.3. The maximum Gasteiger partial charge on any atom is 0.297 e. The number of nitriles is 1. The Bertz CT molecular complexity index is 1610. The van der Waals surface area contributed by atoms with E-state index in [1.165, 1.54) is 6.20 Å². The second-order valence-electron chi connectivity index (χ2n) is 10.0. The highest BCUT2D eigenvalue weighted by Crippen LogP contribution is 2.35. The summed E-state index contributed by atoms with van der Waals surface area (Å²) in [6.07, 6.45) is 2.64. The third-order valence-electron chi connectivity index (χ3n) is 6.98. The molecule has 0 saturated carbocycles. The first-order chi connectivity index (χ1) is 19.7. The SMILES string of the molecule is CC1(C#N)CCCN(c2cc(Cl)c[nH]c2=O)C1.FC(F)c1nc(N2CCCC2)c2oc3ccccc3c2n1.O=CO. The molecule has 2 saturated heterocycles. The van der Waals surface area contributed by atoms with E-state index in [9.17, 15) is 13.6 Å². The number of carbonyl (C=O) groups is 1. The Kier molecular flexibility index (Phi) is 9.39. The quantitative estimate of drug-likeness (QED) is 0.286. The second-order valence-corrected chi connectivity index (χ2v) is 10.4. The molecule has 3 aromatic heterocycles. The number of H-pyrrole nitrogens is 1. The Morgan fingerprint density at radius 2 is 1.88 bits per heavy atom. The molecule has 2 N–H and O–H groups in total. The Balaban J connectivity index is 0.000000176. The Hall–Kier alpha value is -4.24. The summed E-state index contributed by atoms with van der Waals surface area (Å²) in [5.74, 6) is 0.0555. The van der Waals surface area contributed by atoms with Crippen LogP contribution in [0.5, 0.6) is 0 Å². The molecule has 2 aliphatic heterocycles. The minimum atomic E-state index is -2.69. The topological polar surface area (TPSA) is 139 Å². The number of pyridine rings is 1. The Morgan fingerprint density at radius 1 is 1.20 bits per heavy atom. The highest BCUT2D eigenvalue weighted by Gasteiger charge is 2.32. The number of carboxylic acid groups (broad SMARTS) is 1. The number of hydrogen-bond donors (Lipinski definition) is 2. The highest BCUT2D eigenvalue weighted by molar-refractivity contribution is 6.30. The van der Waals surface area contributed by atoms with Crippen LogP contribution in [0.1, 0.15) is 44.9 Å². The number of rotatable bonds is 3. The van der Waals surface area contributed by atoms with E-state index in [-0.39, 0.29) is 17.4 Å². The normalized spacial score (nSPS) is 18.4. The van der Waals surface area contributed by atoms with Gasteiger partial charge < -0.3 is 24.3 Å². The molecule has 0 bridgehead atoms. The third-order valence-corrected chi connectivity index (χ3v) is 7.19. The smallest absolute Gasteiger partial charge is 0.297 e. The number of alkyl halides is 2. The van der Waals surface area contributed by atoms with Crippen molar-refractivity contribution in [3.63, 3.8) is 0 Å². The van der Waals surface area contributed by atoms with Crippen LogP contribution < -0.4 is 15.4 Å². The van der Waals surface area contributed by atoms with Crippen LogP contribution in [0.4, 0.5) is 20.3 Å². The second kappa shape index (κ2) is 13.0. The molecule has 0 radical (unpaired) electrons. The fourth-order valence-corrected chi connectivity index (χ4v) is 5.21. The van der Waals surface area contributed by atoms with Gasteiger partial charge in [0.25, 0.3) is 18.5 Å². The van der Waals surface area contributed by atoms with Gasteiger partial charge in [-0.2, -0.15) is 5.26 Å². The fraction of sp³-hybridized carbons (Fsp3) is 0.393. The zero-order valence-corrected chi connectivity index (χ0v) is 23.1. The van der Waals surface area contributed by atoms with Gasteiger partial charge in [-0.1, -0.05) is 23.7 Å². The highest BCUT2D eigenvalue weighted by atomic mass is 35.5. The van der Waals surface area contributed by atoms with Crippen molar-refractivity contribution in [2.24, 2.45) is 5.41 Å². The standard InChI is InChI=1S/C15H13F2N3O.C12H14ClN3O.CH2O2/c16-13(17)14-18-11-9-5-1-2-6-10(9)21-12(11)15(19-14)20-7-3-4-8-20;1-12(7-14)3-2-4-16(8-12)10-5-9(13)6-15-11(10)17;2-1-3/h1-2,5-6,13H,3-4,7-8H2;5-6H,2-4,8H2,1H3,(H,15,17);1H,(H,2,3). The molecular formula is C28H29ClF2N6O4. The summed E-state index contributed by atoms with van der Waals surface area (Å²) in [6.45, 7) is 4.67. The monoisotopic (exact) mass is 586 g/mol. The lowest BCUT2D eigenvalue weighted by Gasteiger charge is -2.36. The molecule has 216 valence electrons. The molecule has 1 aromatic carbocycles. The van der Waals surface area contributed by atoms with Crippen molar-refractivity contribution in [1.29, 1.82) is 5.26 Å².